The fourth-order valence-corrected chi connectivity index (χ4v) is 2.91. The highest BCUT2D eigenvalue weighted by Gasteiger charge is 2.16. The molecular weight excluding hydrogens is 318 g/mol. The van der Waals surface area contributed by atoms with Crippen LogP contribution in [0.2, 0.25) is 0 Å². The molecule has 0 amide bonds. The van der Waals surface area contributed by atoms with E-state index in [2.05, 4.69) is 21.0 Å². The number of ether oxygens (including phenoxy) is 1. The molecule has 0 saturated heterocycles. The number of esters is 1. The van der Waals surface area contributed by atoms with Gasteiger partial charge in [-0.2, -0.15) is 5.10 Å². The van der Waals surface area contributed by atoms with Gasteiger partial charge < -0.3 is 10.5 Å². The molecule has 2 rings (SSSR count). The maximum absolute atomic E-state index is 11.6. The summed E-state index contributed by atoms with van der Waals surface area (Å²) in [6.45, 7) is 2.64. The molecule has 0 fully saturated rings. The van der Waals surface area contributed by atoms with E-state index < -0.39 is 5.97 Å². The molecule has 0 unspecified atom stereocenters. The smallest absolute Gasteiger partial charge is 0.361 e. The van der Waals surface area contributed by atoms with Crippen LogP contribution in [-0.4, -0.2) is 22.4 Å². The van der Waals surface area contributed by atoms with Crippen molar-refractivity contribution < 1.29 is 9.53 Å². The van der Waals surface area contributed by atoms with Gasteiger partial charge in [-0.05, 0) is 28.9 Å². The minimum absolute atomic E-state index is 0.174. The highest BCUT2D eigenvalue weighted by molar-refractivity contribution is 9.10. The lowest BCUT2D eigenvalue weighted by atomic mass is 10.4. The quantitative estimate of drug-likeness (QED) is 0.875. The third-order valence-electron chi connectivity index (χ3n) is 2.20. The average molecular weight is 330 g/mol. The number of hydrogen-bond donors (Lipinski definition) is 1. The summed E-state index contributed by atoms with van der Waals surface area (Å²) < 4.78 is 7.55. The van der Waals surface area contributed by atoms with E-state index in [0.29, 0.717) is 18.8 Å². The van der Waals surface area contributed by atoms with Crippen LogP contribution < -0.4 is 5.73 Å². The van der Waals surface area contributed by atoms with Gasteiger partial charge in [0.15, 0.2) is 5.69 Å². The fourth-order valence-electron chi connectivity index (χ4n) is 1.47. The van der Waals surface area contributed by atoms with E-state index >= 15 is 0 Å². The van der Waals surface area contributed by atoms with Crippen molar-refractivity contribution in [1.82, 2.24) is 9.78 Å². The van der Waals surface area contributed by atoms with E-state index in [1.165, 1.54) is 0 Å². The van der Waals surface area contributed by atoms with E-state index in [4.69, 9.17) is 10.5 Å². The molecule has 0 aliphatic heterocycles. The van der Waals surface area contributed by atoms with Crippen molar-refractivity contribution in [3.8, 4) is 0 Å². The average Bonchev–Trinajstić information content (AvgIpc) is 2.86. The molecule has 2 heterocycles. The second-order valence-corrected chi connectivity index (χ2v) is 5.49. The standard InChI is InChI=1S/C11H12BrN3O2S/c1-2-17-11(16)10-9(13)5-15(14-10)4-8-3-7(12)6-18-8/h3,5-6H,2,4,13H2,1H3. The third-order valence-corrected chi connectivity index (χ3v) is 3.88. The van der Waals surface area contributed by atoms with Gasteiger partial charge in [-0.3, -0.25) is 4.68 Å². The first-order chi connectivity index (χ1) is 8.60. The summed E-state index contributed by atoms with van der Waals surface area (Å²) in [7, 11) is 0. The van der Waals surface area contributed by atoms with Crippen LogP contribution in [-0.2, 0) is 11.3 Å². The molecule has 96 valence electrons. The number of hydrogen-bond acceptors (Lipinski definition) is 5. The predicted molar refractivity (Wildman–Crippen MR) is 73.7 cm³/mol. The van der Waals surface area contributed by atoms with E-state index in [0.717, 1.165) is 9.35 Å². The lowest BCUT2D eigenvalue weighted by Gasteiger charge is -1.98. The minimum Gasteiger partial charge on any atom is -0.461 e. The monoisotopic (exact) mass is 329 g/mol. The molecule has 5 nitrogen and oxygen atoms in total. The predicted octanol–water partition coefficient (Wildman–Crippen LogP) is 2.51. The molecule has 0 aromatic carbocycles. The molecule has 0 aliphatic rings. The van der Waals surface area contributed by atoms with Gasteiger partial charge in [-0.25, -0.2) is 4.79 Å². The van der Waals surface area contributed by atoms with E-state index in [9.17, 15) is 4.79 Å². The molecule has 0 bridgehead atoms. The van der Waals surface area contributed by atoms with Gasteiger partial charge in [0.25, 0.3) is 0 Å². The van der Waals surface area contributed by atoms with Crippen LogP contribution in [0.4, 0.5) is 5.69 Å². The summed E-state index contributed by atoms with van der Waals surface area (Å²) >= 11 is 5.00. The molecule has 0 radical (unpaired) electrons. The second kappa shape index (κ2) is 5.53. The van der Waals surface area contributed by atoms with Crippen molar-refractivity contribution in [3.63, 3.8) is 0 Å². The normalized spacial score (nSPS) is 10.6. The number of carbonyl (C=O) groups excluding carboxylic acids is 1. The Morgan fingerprint density at radius 3 is 3.06 bits per heavy atom. The molecule has 0 aliphatic carbocycles. The second-order valence-electron chi connectivity index (χ2n) is 3.58. The Kier molecular flexibility index (Phi) is 4.03. The maximum Gasteiger partial charge on any atom is 0.361 e. The summed E-state index contributed by atoms with van der Waals surface area (Å²) in [6.07, 6.45) is 1.64. The van der Waals surface area contributed by atoms with Gasteiger partial charge in [0.1, 0.15) is 0 Å². The number of thiophene rings is 1. The van der Waals surface area contributed by atoms with Gasteiger partial charge in [0.05, 0.1) is 18.8 Å². The number of halogens is 1. The minimum atomic E-state index is -0.485. The van der Waals surface area contributed by atoms with E-state index in [-0.39, 0.29) is 5.69 Å². The lowest BCUT2D eigenvalue weighted by Crippen LogP contribution is -2.08. The molecular formula is C11H12BrN3O2S. The van der Waals surface area contributed by atoms with Crippen LogP contribution in [0.1, 0.15) is 22.3 Å². The van der Waals surface area contributed by atoms with Crippen molar-refractivity contribution in [1.29, 1.82) is 0 Å². The number of carbonyl (C=O) groups is 1. The largest absolute Gasteiger partial charge is 0.461 e. The maximum atomic E-state index is 11.6. The molecule has 2 aromatic heterocycles. The van der Waals surface area contributed by atoms with Gasteiger partial charge in [0, 0.05) is 20.9 Å². The number of nitrogen functional groups attached to an aromatic ring is 1. The van der Waals surface area contributed by atoms with Crippen LogP contribution >= 0.6 is 27.3 Å². The highest BCUT2D eigenvalue weighted by Crippen LogP contribution is 2.21. The zero-order valence-electron chi connectivity index (χ0n) is 9.72. The zero-order valence-corrected chi connectivity index (χ0v) is 12.1. The Labute approximate surface area is 117 Å². The number of rotatable bonds is 4. The molecule has 7 heteroatoms. The Bertz CT molecular complexity index is 564. The molecule has 2 aromatic rings. The molecule has 0 saturated carbocycles. The Morgan fingerprint density at radius 2 is 2.44 bits per heavy atom. The SMILES string of the molecule is CCOC(=O)c1nn(Cc2cc(Br)cs2)cc1N. The van der Waals surface area contributed by atoms with Crippen molar-refractivity contribution in [2.45, 2.75) is 13.5 Å². The van der Waals surface area contributed by atoms with Crippen LogP contribution in [0.5, 0.6) is 0 Å². The van der Waals surface area contributed by atoms with Crippen LogP contribution in [0.3, 0.4) is 0 Å². The van der Waals surface area contributed by atoms with Gasteiger partial charge in [0.2, 0.25) is 0 Å². The fraction of sp³-hybridized carbons (Fsp3) is 0.273. The zero-order chi connectivity index (χ0) is 13.1. The van der Waals surface area contributed by atoms with E-state index in [1.807, 2.05) is 11.4 Å². The lowest BCUT2D eigenvalue weighted by molar-refractivity contribution is 0.0519. The first kappa shape index (κ1) is 13.1. The van der Waals surface area contributed by atoms with Gasteiger partial charge in [-0.15, -0.1) is 11.3 Å². The third kappa shape index (κ3) is 2.91. The van der Waals surface area contributed by atoms with Crippen molar-refractivity contribution >= 4 is 38.9 Å². The summed E-state index contributed by atoms with van der Waals surface area (Å²) in [5.41, 5.74) is 6.25. The van der Waals surface area contributed by atoms with E-state index in [1.54, 1.807) is 29.1 Å². The Hall–Kier alpha value is -1.34. The Morgan fingerprint density at radius 1 is 1.67 bits per heavy atom. The van der Waals surface area contributed by atoms with Gasteiger partial charge >= 0.3 is 5.97 Å². The number of nitrogens with zero attached hydrogens (tertiary/aromatic N) is 2. The van der Waals surface area contributed by atoms with Crippen LogP contribution in [0.25, 0.3) is 0 Å². The molecule has 0 spiro atoms. The number of nitrogens with two attached hydrogens (primary N) is 1. The number of anilines is 1. The van der Waals surface area contributed by atoms with Crippen LogP contribution in [0, 0.1) is 0 Å². The summed E-state index contributed by atoms with van der Waals surface area (Å²) in [5, 5.41) is 6.14. The Balaban J connectivity index is 2.16. The highest BCUT2D eigenvalue weighted by atomic mass is 79.9. The van der Waals surface area contributed by atoms with Crippen molar-refractivity contribution in [2.75, 3.05) is 12.3 Å². The summed E-state index contributed by atoms with van der Waals surface area (Å²) in [5.74, 6) is -0.485. The van der Waals surface area contributed by atoms with Gasteiger partial charge in [-0.1, -0.05) is 0 Å². The van der Waals surface area contributed by atoms with Crippen molar-refractivity contribution in [3.05, 3.63) is 32.7 Å². The topological polar surface area (TPSA) is 70.1 Å². The van der Waals surface area contributed by atoms with Crippen LogP contribution in [0.15, 0.2) is 22.1 Å². The van der Waals surface area contributed by atoms with Crippen molar-refractivity contribution in [2.24, 2.45) is 0 Å². The first-order valence-corrected chi connectivity index (χ1v) is 7.00. The number of aromatic nitrogens is 2. The molecule has 2 N–H and O–H groups in total. The first-order valence-electron chi connectivity index (χ1n) is 5.33. The molecule has 18 heavy (non-hydrogen) atoms. The summed E-state index contributed by atoms with van der Waals surface area (Å²) in [6, 6.07) is 2.01. The molecule has 0 atom stereocenters. The summed E-state index contributed by atoms with van der Waals surface area (Å²) in [4.78, 5) is 12.7.